The summed E-state index contributed by atoms with van der Waals surface area (Å²) in [6.07, 6.45) is 0. The first-order chi connectivity index (χ1) is 12.6. The first-order valence-electron chi connectivity index (χ1n) is 8.47. The standard InChI is InChI=1S/C20H24N4O2.ClH/c1-23(2)20-14-19(15-4-8-18(9-5-15)26-13-12-21)24(22-20)16-6-10-17(25-3)11-7-16;/h4-11,14H,12-13,21H2,1-3H3;1H. The van der Waals surface area contributed by atoms with E-state index in [2.05, 4.69) is 6.07 Å². The molecule has 1 aromatic heterocycles. The van der Waals surface area contributed by atoms with Gasteiger partial charge in [0, 0.05) is 32.3 Å². The Hall–Kier alpha value is -2.70. The summed E-state index contributed by atoms with van der Waals surface area (Å²) in [5, 5.41) is 4.74. The zero-order valence-corrected chi connectivity index (χ0v) is 16.6. The molecule has 0 saturated carbocycles. The summed E-state index contributed by atoms with van der Waals surface area (Å²) in [6.45, 7) is 1.01. The number of ether oxygens (including phenoxy) is 2. The Balaban J connectivity index is 0.00000261. The molecular formula is C20H25ClN4O2. The van der Waals surface area contributed by atoms with Gasteiger partial charge in [0.25, 0.3) is 0 Å². The second-order valence-electron chi connectivity index (χ2n) is 6.05. The fourth-order valence-electron chi connectivity index (χ4n) is 2.61. The van der Waals surface area contributed by atoms with Crippen LogP contribution in [0.4, 0.5) is 5.82 Å². The molecule has 0 bridgehead atoms. The molecule has 0 unspecified atom stereocenters. The van der Waals surface area contributed by atoms with Crippen LogP contribution in [0, 0.1) is 0 Å². The molecule has 0 radical (unpaired) electrons. The van der Waals surface area contributed by atoms with Crippen molar-refractivity contribution in [3.05, 3.63) is 54.6 Å². The van der Waals surface area contributed by atoms with E-state index >= 15 is 0 Å². The molecule has 0 aliphatic carbocycles. The van der Waals surface area contributed by atoms with Crippen LogP contribution in [0.2, 0.25) is 0 Å². The fraction of sp³-hybridized carbons (Fsp3) is 0.250. The summed E-state index contributed by atoms with van der Waals surface area (Å²) in [5.41, 5.74) is 8.51. The largest absolute Gasteiger partial charge is 0.497 e. The van der Waals surface area contributed by atoms with Crippen molar-refractivity contribution in [2.24, 2.45) is 5.73 Å². The quantitative estimate of drug-likeness (QED) is 0.672. The van der Waals surface area contributed by atoms with Crippen LogP contribution < -0.4 is 20.1 Å². The number of methoxy groups -OCH3 is 1. The molecule has 0 aliphatic heterocycles. The van der Waals surface area contributed by atoms with Gasteiger partial charge in [-0.05, 0) is 48.5 Å². The van der Waals surface area contributed by atoms with Crippen molar-refractivity contribution < 1.29 is 9.47 Å². The second-order valence-corrected chi connectivity index (χ2v) is 6.05. The number of rotatable bonds is 7. The third-order valence-corrected chi connectivity index (χ3v) is 4.01. The van der Waals surface area contributed by atoms with Gasteiger partial charge in [-0.25, -0.2) is 4.68 Å². The number of hydrogen-bond acceptors (Lipinski definition) is 5. The third-order valence-electron chi connectivity index (χ3n) is 4.01. The number of benzene rings is 2. The van der Waals surface area contributed by atoms with Gasteiger partial charge < -0.3 is 20.1 Å². The lowest BCUT2D eigenvalue weighted by atomic mass is 10.1. The van der Waals surface area contributed by atoms with E-state index in [1.165, 1.54) is 0 Å². The van der Waals surface area contributed by atoms with E-state index in [4.69, 9.17) is 20.3 Å². The Kier molecular flexibility index (Phi) is 7.10. The van der Waals surface area contributed by atoms with Gasteiger partial charge in [-0.1, -0.05) is 0 Å². The predicted octanol–water partition coefficient (Wildman–Crippen LogP) is 3.37. The van der Waals surface area contributed by atoms with Crippen LogP contribution in [0.1, 0.15) is 0 Å². The van der Waals surface area contributed by atoms with E-state index in [1.54, 1.807) is 7.11 Å². The number of aromatic nitrogens is 2. The number of anilines is 1. The van der Waals surface area contributed by atoms with Gasteiger partial charge >= 0.3 is 0 Å². The summed E-state index contributed by atoms with van der Waals surface area (Å²) in [5.74, 6) is 2.51. The number of nitrogens with zero attached hydrogens (tertiary/aromatic N) is 3. The van der Waals surface area contributed by atoms with Gasteiger partial charge in [0.15, 0.2) is 5.82 Å². The molecule has 7 heteroatoms. The third kappa shape index (κ3) is 4.72. The Morgan fingerprint density at radius 1 is 1.00 bits per heavy atom. The predicted molar refractivity (Wildman–Crippen MR) is 112 cm³/mol. The normalized spacial score (nSPS) is 10.2. The molecule has 0 aliphatic rings. The van der Waals surface area contributed by atoms with Crippen LogP contribution >= 0.6 is 12.4 Å². The summed E-state index contributed by atoms with van der Waals surface area (Å²) < 4.78 is 12.7. The Bertz CT molecular complexity index is 845. The van der Waals surface area contributed by atoms with Crippen molar-refractivity contribution >= 4 is 18.2 Å². The average molecular weight is 389 g/mol. The van der Waals surface area contributed by atoms with E-state index in [-0.39, 0.29) is 12.4 Å². The molecule has 144 valence electrons. The van der Waals surface area contributed by atoms with Crippen LogP contribution in [0.5, 0.6) is 11.5 Å². The minimum Gasteiger partial charge on any atom is -0.497 e. The smallest absolute Gasteiger partial charge is 0.151 e. The Morgan fingerprint density at radius 2 is 1.63 bits per heavy atom. The van der Waals surface area contributed by atoms with Gasteiger partial charge in [0.05, 0.1) is 18.5 Å². The van der Waals surface area contributed by atoms with Crippen LogP contribution in [0.15, 0.2) is 54.6 Å². The van der Waals surface area contributed by atoms with Gasteiger partial charge in [-0.3, -0.25) is 0 Å². The minimum absolute atomic E-state index is 0. The average Bonchev–Trinajstić information content (AvgIpc) is 3.12. The monoisotopic (exact) mass is 388 g/mol. The molecule has 0 amide bonds. The highest BCUT2D eigenvalue weighted by Gasteiger charge is 2.13. The van der Waals surface area contributed by atoms with Crippen molar-refractivity contribution in [1.29, 1.82) is 0 Å². The fourth-order valence-corrected chi connectivity index (χ4v) is 2.61. The van der Waals surface area contributed by atoms with Gasteiger partial charge in [0.1, 0.15) is 18.1 Å². The first-order valence-corrected chi connectivity index (χ1v) is 8.47. The molecule has 27 heavy (non-hydrogen) atoms. The van der Waals surface area contributed by atoms with Gasteiger partial charge in [-0.2, -0.15) is 0 Å². The molecule has 0 spiro atoms. The van der Waals surface area contributed by atoms with Gasteiger partial charge in [0.2, 0.25) is 0 Å². The highest BCUT2D eigenvalue weighted by Crippen LogP contribution is 2.29. The molecule has 0 saturated heterocycles. The highest BCUT2D eigenvalue weighted by molar-refractivity contribution is 5.85. The van der Waals surface area contributed by atoms with Crippen molar-refractivity contribution in [2.45, 2.75) is 0 Å². The first kappa shape index (κ1) is 20.6. The van der Waals surface area contributed by atoms with Crippen molar-refractivity contribution in [3.8, 4) is 28.4 Å². The molecule has 6 nitrogen and oxygen atoms in total. The number of nitrogens with two attached hydrogens (primary N) is 1. The van der Waals surface area contributed by atoms with Crippen molar-refractivity contribution in [3.63, 3.8) is 0 Å². The summed E-state index contributed by atoms with van der Waals surface area (Å²) >= 11 is 0. The van der Waals surface area contributed by atoms with Crippen LogP contribution in [-0.2, 0) is 0 Å². The maximum atomic E-state index is 5.56. The topological polar surface area (TPSA) is 65.5 Å². The summed E-state index contributed by atoms with van der Waals surface area (Å²) in [4.78, 5) is 1.99. The summed E-state index contributed by atoms with van der Waals surface area (Å²) in [6, 6.07) is 17.9. The lowest BCUT2D eigenvalue weighted by Gasteiger charge is -2.10. The minimum atomic E-state index is 0. The van der Waals surface area contributed by atoms with Gasteiger partial charge in [-0.15, -0.1) is 17.5 Å². The van der Waals surface area contributed by atoms with Crippen LogP contribution in [0.3, 0.4) is 0 Å². The SMILES string of the molecule is COc1ccc(-n2nc(N(C)C)cc2-c2ccc(OCCN)cc2)cc1.Cl. The number of hydrogen-bond donors (Lipinski definition) is 1. The van der Waals surface area contributed by atoms with E-state index in [0.29, 0.717) is 13.2 Å². The van der Waals surface area contributed by atoms with E-state index < -0.39 is 0 Å². The van der Waals surface area contributed by atoms with Crippen LogP contribution in [0.25, 0.3) is 16.9 Å². The van der Waals surface area contributed by atoms with E-state index in [0.717, 1.165) is 34.3 Å². The molecule has 3 aromatic rings. The Labute approximate surface area is 165 Å². The highest BCUT2D eigenvalue weighted by atomic mass is 35.5. The molecule has 0 fully saturated rings. The molecule has 2 N–H and O–H groups in total. The van der Waals surface area contributed by atoms with Crippen LogP contribution in [-0.4, -0.2) is 44.1 Å². The second kappa shape index (κ2) is 9.30. The lowest BCUT2D eigenvalue weighted by Crippen LogP contribution is -2.10. The maximum Gasteiger partial charge on any atom is 0.151 e. The molecule has 1 heterocycles. The molecule has 0 atom stereocenters. The zero-order chi connectivity index (χ0) is 18.5. The van der Waals surface area contributed by atoms with E-state index in [9.17, 15) is 0 Å². The number of halogens is 1. The maximum absolute atomic E-state index is 5.56. The van der Waals surface area contributed by atoms with Crippen molar-refractivity contribution in [1.82, 2.24) is 9.78 Å². The zero-order valence-electron chi connectivity index (χ0n) is 15.8. The summed E-state index contributed by atoms with van der Waals surface area (Å²) in [7, 11) is 5.62. The van der Waals surface area contributed by atoms with E-state index in [1.807, 2.05) is 72.2 Å². The molecule has 2 aromatic carbocycles. The molecule has 3 rings (SSSR count). The lowest BCUT2D eigenvalue weighted by molar-refractivity contribution is 0.328. The molecular weight excluding hydrogens is 364 g/mol. The Morgan fingerprint density at radius 3 is 2.19 bits per heavy atom. The van der Waals surface area contributed by atoms with Crippen molar-refractivity contribution in [2.75, 3.05) is 39.3 Å².